The Morgan fingerprint density at radius 1 is 1.07 bits per heavy atom. The van der Waals surface area contributed by atoms with Gasteiger partial charge >= 0.3 is 0 Å². The number of rotatable bonds is 8. The van der Waals surface area contributed by atoms with E-state index in [2.05, 4.69) is 66.9 Å². The van der Waals surface area contributed by atoms with Crippen molar-refractivity contribution in [3.05, 3.63) is 59.8 Å². The van der Waals surface area contributed by atoms with E-state index < -0.39 is 0 Å². The van der Waals surface area contributed by atoms with Gasteiger partial charge in [-0.05, 0) is 36.3 Å². The van der Waals surface area contributed by atoms with Crippen LogP contribution in [0.2, 0.25) is 0 Å². The molecule has 0 radical (unpaired) electrons. The number of nitrogens with zero attached hydrogens (tertiary/aromatic N) is 7. The van der Waals surface area contributed by atoms with Gasteiger partial charge in [-0.25, -0.2) is 9.67 Å². The summed E-state index contributed by atoms with van der Waals surface area (Å²) < 4.78 is 2.05. The molecule has 0 unspecified atom stereocenters. The Kier molecular flexibility index (Phi) is 5.69. The lowest BCUT2D eigenvalue weighted by atomic mass is 10.0. The Labute approximate surface area is 169 Å². The molecular weight excluding hydrogens is 364 g/mol. The monoisotopic (exact) mass is 388 g/mol. The summed E-state index contributed by atoms with van der Waals surface area (Å²) in [5, 5.41) is 18.9. The molecule has 3 aromatic heterocycles. The Morgan fingerprint density at radius 3 is 2.69 bits per heavy atom. The largest absolute Gasteiger partial charge is 0.255 e. The van der Waals surface area contributed by atoms with E-state index in [9.17, 15) is 0 Å². The maximum absolute atomic E-state index is 4.63. The van der Waals surface area contributed by atoms with Crippen molar-refractivity contribution in [3.63, 3.8) is 0 Å². The SMILES string of the molecule is CCCCCn1nc(C)nc1Cc1ccc(-c2ncccc2-c2nn[nH]n2)cc1. The van der Waals surface area contributed by atoms with Crippen LogP contribution < -0.4 is 0 Å². The van der Waals surface area contributed by atoms with Crippen LogP contribution in [-0.4, -0.2) is 40.4 Å². The third-order valence-corrected chi connectivity index (χ3v) is 4.81. The highest BCUT2D eigenvalue weighted by molar-refractivity contribution is 5.76. The quantitative estimate of drug-likeness (QED) is 0.463. The van der Waals surface area contributed by atoms with E-state index in [0.29, 0.717) is 5.82 Å². The summed E-state index contributed by atoms with van der Waals surface area (Å²) in [6.07, 6.45) is 6.06. The lowest BCUT2D eigenvalue weighted by Crippen LogP contribution is -2.06. The topological polar surface area (TPSA) is 98.1 Å². The molecule has 29 heavy (non-hydrogen) atoms. The molecule has 0 bridgehead atoms. The van der Waals surface area contributed by atoms with Crippen molar-refractivity contribution >= 4 is 0 Å². The first-order chi connectivity index (χ1) is 14.2. The average Bonchev–Trinajstić information content (AvgIpc) is 3.39. The summed E-state index contributed by atoms with van der Waals surface area (Å²) in [7, 11) is 0. The van der Waals surface area contributed by atoms with Crippen molar-refractivity contribution in [1.82, 2.24) is 40.4 Å². The number of unbranched alkanes of at least 4 members (excludes halogenated alkanes) is 2. The van der Waals surface area contributed by atoms with Gasteiger partial charge in [-0.1, -0.05) is 44.0 Å². The summed E-state index contributed by atoms with van der Waals surface area (Å²) in [6, 6.07) is 12.2. The summed E-state index contributed by atoms with van der Waals surface area (Å²) in [5.74, 6) is 2.37. The predicted molar refractivity (Wildman–Crippen MR) is 110 cm³/mol. The normalized spacial score (nSPS) is 11.1. The van der Waals surface area contributed by atoms with Crippen LogP contribution in [-0.2, 0) is 13.0 Å². The van der Waals surface area contributed by atoms with Crippen LogP contribution in [0.15, 0.2) is 42.6 Å². The van der Waals surface area contributed by atoms with Crippen molar-refractivity contribution in [2.45, 2.75) is 46.1 Å². The number of aromatic amines is 1. The Hall–Kier alpha value is -3.42. The zero-order valence-electron chi connectivity index (χ0n) is 16.7. The standard InChI is InChI=1S/C21H24N8/c1-3-4-5-13-29-19(23-15(2)26-29)14-16-8-10-17(11-9-16)20-18(7-6-12-22-20)21-24-27-28-25-21/h6-12H,3-5,13-14H2,1-2H3,(H,24,25,27,28). The first kappa shape index (κ1) is 18.9. The van der Waals surface area contributed by atoms with E-state index in [1.54, 1.807) is 6.20 Å². The highest BCUT2D eigenvalue weighted by Gasteiger charge is 2.13. The van der Waals surface area contributed by atoms with Gasteiger partial charge < -0.3 is 0 Å². The molecule has 8 nitrogen and oxygen atoms in total. The van der Waals surface area contributed by atoms with E-state index in [1.165, 1.54) is 18.4 Å². The number of benzene rings is 1. The number of hydrogen-bond donors (Lipinski definition) is 1. The molecule has 0 saturated carbocycles. The van der Waals surface area contributed by atoms with E-state index in [0.717, 1.165) is 47.9 Å². The van der Waals surface area contributed by atoms with Crippen LogP contribution in [0.5, 0.6) is 0 Å². The average molecular weight is 388 g/mol. The van der Waals surface area contributed by atoms with Crippen molar-refractivity contribution in [1.29, 1.82) is 0 Å². The smallest absolute Gasteiger partial charge is 0.206 e. The summed E-state index contributed by atoms with van der Waals surface area (Å²) in [5.41, 5.74) is 3.88. The van der Waals surface area contributed by atoms with Gasteiger partial charge in [0.25, 0.3) is 0 Å². The van der Waals surface area contributed by atoms with Gasteiger partial charge in [-0.2, -0.15) is 10.3 Å². The van der Waals surface area contributed by atoms with Gasteiger partial charge in [-0.3, -0.25) is 4.98 Å². The van der Waals surface area contributed by atoms with Crippen molar-refractivity contribution in [2.24, 2.45) is 0 Å². The zero-order valence-corrected chi connectivity index (χ0v) is 16.7. The summed E-state index contributed by atoms with van der Waals surface area (Å²) >= 11 is 0. The number of hydrogen-bond acceptors (Lipinski definition) is 6. The molecule has 4 rings (SSSR count). The fourth-order valence-corrected chi connectivity index (χ4v) is 3.38. The number of H-pyrrole nitrogens is 1. The van der Waals surface area contributed by atoms with Crippen LogP contribution in [0.25, 0.3) is 22.6 Å². The van der Waals surface area contributed by atoms with Gasteiger partial charge in [0, 0.05) is 30.3 Å². The van der Waals surface area contributed by atoms with Gasteiger partial charge in [0.05, 0.1) is 5.69 Å². The minimum atomic E-state index is 0.535. The lowest BCUT2D eigenvalue weighted by molar-refractivity contribution is 0.533. The van der Waals surface area contributed by atoms with Crippen LogP contribution >= 0.6 is 0 Å². The third kappa shape index (κ3) is 4.37. The highest BCUT2D eigenvalue weighted by atomic mass is 15.5. The Morgan fingerprint density at radius 2 is 1.93 bits per heavy atom. The van der Waals surface area contributed by atoms with E-state index in [1.807, 2.05) is 23.7 Å². The van der Waals surface area contributed by atoms with E-state index in [-0.39, 0.29) is 0 Å². The molecule has 0 fully saturated rings. The molecule has 0 amide bonds. The first-order valence-electron chi connectivity index (χ1n) is 9.93. The second-order valence-corrected chi connectivity index (χ2v) is 7.01. The number of aryl methyl sites for hydroxylation is 2. The van der Waals surface area contributed by atoms with Crippen LogP contribution in [0.4, 0.5) is 0 Å². The molecule has 0 aliphatic rings. The van der Waals surface area contributed by atoms with E-state index >= 15 is 0 Å². The lowest BCUT2D eigenvalue weighted by Gasteiger charge is -2.08. The summed E-state index contributed by atoms with van der Waals surface area (Å²) in [6.45, 7) is 5.08. The fourth-order valence-electron chi connectivity index (χ4n) is 3.38. The first-order valence-corrected chi connectivity index (χ1v) is 9.93. The Balaban J connectivity index is 1.54. The summed E-state index contributed by atoms with van der Waals surface area (Å²) in [4.78, 5) is 9.16. The number of pyridine rings is 1. The van der Waals surface area contributed by atoms with Gasteiger partial charge in [0.2, 0.25) is 5.82 Å². The van der Waals surface area contributed by atoms with Crippen molar-refractivity contribution < 1.29 is 0 Å². The second-order valence-electron chi connectivity index (χ2n) is 7.01. The van der Waals surface area contributed by atoms with E-state index in [4.69, 9.17) is 0 Å². The molecule has 1 aromatic carbocycles. The maximum atomic E-state index is 4.63. The molecule has 3 heterocycles. The highest BCUT2D eigenvalue weighted by Crippen LogP contribution is 2.27. The third-order valence-electron chi connectivity index (χ3n) is 4.81. The van der Waals surface area contributed by atoms with Crippen molar-refractivity contribution in [3.8, 4) is 22.6 Å². The minimum Gasteiger partial charge on any atom is -0.255 e. The molecule has 0 aliphatic heterocycles. The Bertz CT molecular complexity index is 1050. The number of aromatic nitrogens is 8. The minimum absolute atomic E-state index is 0.535. The molecular formula is C21H24N8. The van der Waals surface area contributed by atoms with Crippen LogP contribution in [0, 0.1) is 6.92 Å². The molecule has 0 aliphatic carbocycles. The van der Waals surface area contributed by atoms with Crippen LogP contribution in [0.1, 0.15) is 43.4 Å². The molecule has 8 heteroatoms. The van der Waals surface area contributed by atoms with Gasteiger partial charge in [0.1, 0.15) is 11.6 Å². The molecule has 4 aromatic rings. The van der Waals surface area contributed by atoms with Crippen molar-refractivity contribution in [2.75, 3.05) is 0 Å². The molecule has 0 saturated heterocycles. The molecule has 0 atom stereocenters. The zero-order chi connectivity index (χ0) is 20.1. The predicted octanol–water partition coefficient (Wildman–Crippen LogP) is 3.61. The number of nitrogens with one attached hydrogen (secondary N) is 1. The fraction of sp³-hybridized carbons (Fsp3) is 0.333. The number of tetrazole rings is 1. The molecule has 148 valence electrons. The molecule has 0 spiro atoms. The maximum Gasteiger partial charge on any atom is 0.206 e. The van der Waals surface area contributed by atoms with Gasteiger partial charge in [-0.15, -0.1) is 10.2 Å². The van der Waals surface area contributed by atoms with Gasteiger partial charge in [0.15, 0.2) is 0 Å². The second kappa shape index (κ2) is 8.72. The van der Waals surface area contributed by atoms with Crippen LogP contribution in [0.3, 0.4) is 0 Å². The molecule has 1 N–H and O–H groups in total.